The largest absolute Gasteiger partial charge is 0.339 e. The molecule has 4 heterocycles. The topological polar surface area (TPSA) is 120 Å². The molecule has 1 amide bonds. The monoisotopic (exact) mass is 521 g/mol. The van der Waals surface area contributed by atoms with Crippen LogP contribution in [0.4, 0.5) is 17.5 Å². The summed E-state index contributed by atoms with van der Waals surface area (Å²) >= 11 is 0. The van der Waals surface area contributed by atoms with Gasteiger partial charge in [-0.1, -0.05) is 6.07 Å². The number of pyridine rings is 1. The molecule has 2 aromatic heterocycles. The van der Waals surface area contributed by atoms with Crippen molar-refractivity contribution in [2.24, 2.45) is 0 Å². The Balaban J connectivity index is 1.18. The number of amides is 1. The van der Waals surface area contributed by atoms with E-state index in [4.69, 9.17) is 4.98 Å². The number of aryl methyl sites for hydroxylation is 2. The quantitative estimate of drug-likeness (QED) is 0.507. The van der Waals surface area contributed by atoms with Crippen LogP contribution in [0.5, 0.6) is 0 Å². The molecule has 0 bridgehead atoms. The molecule has 0 atom stereocenters. The lowest BCUT2D eigenvalue weighted by Crippen LogP contribution is -2.45. The fourth-order valence-corrected chi connectivity index (χ4v) is 5.59. The maximum atomic E-state index is 13.0. The smallest absolute Gasteiger partial charge is 0.254 e. The van der Waals surface area contributed by atoms with Crippen molar-refractivity contribution in [2.45, 2.75) is 45.8 Å². The Morgan fingerprint density at radius 3 is 2.46 bits per heavy atom. The van der Waals surface area contributed by atoms with E-state index in [-0.39, 0.29) is 11.7 Å². The summed E-state index contributed by atoms with van der Waals surface area (Å²) in [5, 5.41) is 3.33. The molecule has 2 aliphatic rings. The summed E-state index contributed by atoms with van der Waals surface area (Å²) in [7, 11) is -3.46. The van der Waals surface area contributed by atoms with Crippen LogP contribution in [0.25, 0.3) is 0 Å². The average molecular weight is 522 g/mol. The molecule has 1 aromatic carbocycles. The summed E-state index contributed by atoms with van der Waals surface area (Å²) in [6.07, 6.45) is 6.13. The molecular formula is C26H31N7O3S. The van der Waals surface area contributed by atoms with Crippen molar-refractivity contribution in [1.82, 2.24) is 24.8 Å². The number of hydrogen-bond donors (Lipinski definition) is 2. The van der Waals surface area contributed by atoms with Crippen molar-refractivity contribution in [3.63, 3.8) is 0 Å². The number of nitrogens with one attached hydrogen (secondary N) is 2. The van der Waals surface area contributed by atoms with Crippen LogP contribution in [0.15, 0.2) is 42.7 Å². The highest BCUT2D eigenvalue weighted by Gasteiger charge is 2.31. The van der Waals surface area contributed by atoms with Crippen LogP contribution in [0, 0.1) is 13.8 Å². The minimum atomic E-state index is -3.46. The van der Waals surface area contributed by atoms with E-state index < -0.39 is 10.0 Å². The minimum Gasteiger partial charge on any atom is -0.339 e. The second-order valence-electron chi connectivity index (χ2n) is 9.90. The Morgan fingerprint density at radius 1 is 1.03 bits per heavy atom. The van der Waals surface area contributed by atoms with Crippen molar-refractivity contribution >= 4 is 33.4 Å². The van der Waals surface area contributed by atoms with Crippen molar-refractivity contribution < 1.29 is 13.2 Å². The third-order valence-electron chi connectivity index (χ3n) is 6.72. The number of anilines is 3. The highest BCUT2D eigenvalue weighted by atomic mass is 32.2. The number of carbonyl (C=O) groups is 1. The second kappa shape index (κ2) is 10.1. The zero-order chi connectivity index (χ0) is 26.2. The number of likely N-dealkylation sites (tertiary alicyclic amines) is 1. The van der Waals surface area contributed by atoms with E-state index in [0.29, 0.717) is 30.6 Å². The first-order chi connectivity index (χ1) is 17.6. The van der Waals surface area contributed by atoms with Gasteiger partial charge < -0.3 is 10.2 Å². The zero-order valence-corrected chi connectivity index (χ0v) is 22.0. The molecule has 1 fully saturated rings. The standard InChI is InChI=1S/C26H31N7O3S/c1-17-10-18(2)12-21(11-17)29-26-28-14-20-15-33(16-23(20)30-26)22-5-8-32(9-6-22)25(34)19-4-7-27-24(13-19)31-37(3,35)36/h4,7,10-14,22H,5-6,8-9,15-16H2,1-3H3,(H,27,31)(H,28,29,30). The van der Waals surface area contributed by atoms with E-state index in [1.807, 2.05) is 11.1 Å². The predicted molar refractivity (Wildman–Crippen MR) is 142 cm³/mol. The van der Waals surface area contributed by atoms with Crippen molar-refractivity contribution in [3.05, 3.63) is 70.7 Å². The summed E-state index contributed by atoms with van der Waals surface area (Å²) in [5.74, 6) is 0.633. The Hall–Kier alpha value is -3.57. The summed E-state index contributed by atoms with van der Waals surface area (Å²) in [6, 6.07) is 9.75. The van der Waals surface area contributed by atoms with Crippen molar-refractivity contribution in [2.75, 3.05) is 29.4 Å². The van der Waals surface area contributed by atoms with Gasteiger partial charge in [-0.05, 0) is 62.1 Å². The molecule has 11 heteroatoms. The zero-order valence-electron chi connectivity index (χ0n) is 21.2. The molecule has 0 unspecified atom stereocenters. The van der Waals surface area contributed by atoms with Crippen LogP contribution in [0.2, 0.25) is 0 Å². The third kappa shape index (κ3) is 6.05. The van der Waals surface area contributed by atoms with Gasteiger partial charge in [0.1, 0.15) is 5.82 Å². The van der Waals surface area contributed by atoms with Gasteiger partial charge in [0.15, 0.2) is 0 Å². The fraction of sp³-hybridized carbons (Fsp3) is 0.385. The number of carbonyl (C=O) groups excluding carboxylic acids is 1. The second-order valence-corrected chi connectivity index (χ2v) is 11.6. The molecule has 1 saturated heterocycles. The van der Waals surface area contributed by atoms with Gasteiger partial charge >= 0.3 is 0 Å². The maximum Gasteiger partial charge on any atom is 0.254 e. The molecule has 194 valence electrons. The molecule has 5 rings (SSSR count). The number of rotatable bonds is 6. The van der Waals surface area contributed by atoms with E-state index in [1.165, 1.54) is 23.4 Å². The van der Waals surface area contributed by atoms with Gasteiger partial charge in [0.05, 0.1) is 11.9 Å². The Bertz CT molecular complexity index is 1420. The van der Waals surface area contributed by atoms with Gasteiger partial charge in [0.2, 0.25) is 16.0 Å². The predicted octanol–water partition coefficient (Wildman–Crippen LogP) is 3.22. The van der Waals surface area contributed by atoms with Gasteiger partial charge in [-0.3, -0.25) is 14.4 Å². The molecule has 3 aromatic rings. The van der Waals surface area contributed by atoms with E-state index in [1.54, 1.807) is 6.07 Å². The number of nitrogens with zero attached hydrogens (tertiary/aromatic N) is 5. The van der Waals surface area contributed by atoms with Crippen LogP contribution in [-0.2, 0) is 23.1 Å². The van der Waals surface area contributed by atoms with Gasteiger partial charge in [0.25, 0.3) is 5.91 Å². The van der Waals surface area contributed by atoms with Crippen molar-refractivity contribution in [3.8, 4) is 0 Å². The van der Waals surface area contributed by atoms with Crippen LogP contribution in [-0.4, -0.2) is 64.5 Å². The summed E-state index contributed by atoms with van der Waals surface area (Å²) in [4.78, 5) is 30.6. The molecule has 2 aliphatic heterocycles. The van der Waals surface area contributed by atoms with Gasteiger partial charge in [-0.15, -0.1) is 0 Å². The van der Waals surface area contributed by atoms with Gasteiger partial charge in [-0.2, -0.15) is 0 Å². The van der Waals surface area contributed by atoms with E-state index in [2.05, 4.69) is 57.0 Å². The maximum absolute atomic E-state index is 13.0. The molecule has 10 nitrogen and oxygen atoms in total. The van der Waals surface area contributed by atoms with Crippen LogP contribution in [0.3, 0.4) is 0 Å². The lowest BCUT2D eigenvalue weighted by Gasteiger charge is -2.36. The number of benzene rings is 1. The first-order valence-electron chi connectivity index (χ1n) is 12.3. The molecular weight excluding hydrogens is 490 g/mol. The number of fused-ring (bicyclic) bond motifs is 1. The third-order valence-corrected chi connectivity index (χ3v) is 7.30. The number of aromatic nitrogens is 3. The highest BCUT2D eigenvalue weighted by Crippen LogP contribution is 2.29. The summed E-state index contributed by atoms with van der Waals surface area (Å²) in [6.45, 7) is 7.00. The van der Waals surface area contributed by atoms with Crippen LogP contribution >= 0.6 is 0 Å². The van der Waals surface area contributed by atoms with Crippen LogP contribution in [0.1, 0.15) is 45.6 Å². The number of sulfonamides is 1. The fourth-order valence-electron chi connectivity index (χ4n) is 5.10. The van der Waals surface area contributed by atoms with Crippen LogP contribution < -0.4 is 10.0 Å². The molecule has 0 radical (unpaired) electrons. The summed E-state index contributed by atoms with van der Waals surface area (Å²) in [5.41, 5.74) is 5.98. The van der Waals surface area contributed by atoms with Gasteiger partial charge in [-0.25, -0.2) is 23.4 Å². The van der Waals surface area contributed by atoms with E-state index >= 15 is 0 Å². The SMILES string of the molecule is Cc1cc(C)cc(Nc2ncc3c(n2)CN(C2CCN(C(=O)c4ccnc(NS(C)(=O)=O)c4)CC2)C3)c1. The molecule has 37 heavy (non-hydrogen) atoms. The Labute approximate surface area is 217 Å². The first kappa shape index (κ1) is 25.1. The van der Waals surface area contributed by atoms with Crippen molar-refractivity contribution in [1.29, 1.82) is 0 Å². The summed E-state index contributed by atoms with van der Waals surface area (Å²) < 4.78 is 25.3. The van der Waals surface area contributed by atoms with E-state index in [0.717, 1.165) is 49.1 Å². The molecule has 2 N–H and O–H groups in total. The highest BCUT2D eigenvalue weighted by molar-refractivity contribution is 7.92. The minimum absolute atomic E-state index is 0.116. The lowest BCUT2D eigenvalue weighted by atomic mass is 10.0. The van der Waals surface area contributed by atoms with E-state index in [9.17, 15) is 13.2 Å². The lowest BCUT2D eigenvalue weighted by molar-refractivity contribution is 0.0613. The molecule has 0 spiro atoms. The number of hydrogen-bond acceptors (Lipinski definition) is 8. The average Bonchev–Trinajstić information content (AvgIpc) is 3.26. The first-order valence-corrected chi connectivity index (χ1v) is 14.2. The Morgan fingerprint density at radius 2 is 1.76 bits per heavy atom. The molecule has 0 saturated carbocycles. The normalized spacial score (nSPS) is 16.5. The number of piperidine rings is 1. The van der Waals surface area contributed by atoms with Gasteiger partial charge in [0, 0.05) is 61.4 Å². The Kier molecular flexibility index (Phi) is 6.82. The molecule has 0 aliphatic carbocycles.